The SMILES string of the molecule is COc1ccc2c(c1)OC(C)(C)C[C@H]2NC(=O)[C@@H](C)N(c1ccccc1)S(C)(=O)=O. The molecule has 7 nitrogen and oxygen atoms in total. The van der Waals surface area contributed by atoms with Crippen molar-refractivity contribution in [1.29, 1.82) is 0 Å². The first-order valence-corrected chi connectivity index (χ1v) is 11.6. The number of amides is 1. The summed E-state index contributed by atoms with van der Waals surface area (Å²) < 4.78 is 37.4. The monoisotopic (exact) mass is 432 g/mol. The molecule has 3 rings (SSSR count). The molecule has 1 amide bonds. The highest BCUT2D eigenvalue weighted by Crippen LogP contribution is 2.41. The number of anilines is 1. The molecule has 1 heterocycles. The Hall–Kier alpha value is -2.74. The molecular weight excluding hydrogens is 404 g/mol. The van der Waals surface area contributed by atoms with Crippen LogP contribution in [0, 0.1) is 0 Å². The number of ether oxygens (including phenoxy) is 2. The molecule has 0 radical (unpaired) electrons. The first-order valence-electron chi connectivity index (χ1n) is 9.73. The molecule has 8 heteroatoms. The molecule has 1 aliphatic rings. The summed E-state index contributed by atoms with van der Waals surface area (Å²) in [5, 5.41) is 3.02. The lowest BCUT2D eigenvalue weighted by Crippen LogP contribution is -2.50. The lowest BCUT2D eigenvalue weighted by Gasteiger charge is -2.39. The summed E-state index contributed by atoms with van der Waals surface area (Å²) in [7, 11) is -2.08. The average molecular weight is 433 g/mol. The smallest absolute Gasteiger partial charge is 0.244 e. The van der Waals surface area contributed by atoms with E-state index in [0.29, 0.717) is 23.6 Å². The molecule has 2 atom stereocenters. The second-order valence-corrected chi connectivity index (χ2v) is 9.96. The van der Waals surface area contributed by atoms with Gasteiger partial charge >= 0.3 is 0 Å². The van der Waals surface area contributed by atoms with E-state index in [0.717, 1.165) is 16.1 Å². The van der Waals surface area contributed by atoms with Gasteiger partial charge in [0, 0.05) is 18.1 Å². The lowest BCUT2D eigenvalue weighted by molar-refractivity contribution is -0.123. The second kappa shape index (κ2) is 8.18. The summed E-state index contributed by atoms with van der Waals surface area (Å²) in [6.45, 7) is 5.48. The van der Waals surface area contributed by atoms with Gasteiger partial charge in [-0.1, -0.05) is 18.2 Å². The maximum Gasteiger partial charge on any atom is 0.244 e. The fraction of sp³-hybridized carbons (Fsp3) is 0.409. The number of para-hydroxylation sites is 1. The van der Waals surface area contributed by atoms with Gasteiger partial charge in [0.15, 0.2) is 0 Å². The summed E-state index contributed by atoms with van der Waals surface area (Å²) >= 11 is 0. The van der Waals surface area contributed by atoms with E-state index in [1.807, 2.05) is 26.0 Å². The van der Waals surface area contributed by atoms with Crippen LogP contribution in [0.25, 0.3) is 0 Å². The number of rotatable bonds is 6. The van der Waals surface area contributed by atoms with E-state index >= 15 is 0 Å². The van der Waals surface area contributed by atoms with Crippen molar-refractivity contribution < 1.29 is 22.7 Å². The lowest BCUT2D eigenvalue weighted by atomic mass is 9.89. The van der Waals surface area contributed by atoms with Crippen molar-refractivity contribution in [3.63, 3.8) is 0 Å². The number of carbonyl (C=O) groups is 1. The summed E-state index contributed by atoms with van der Waals surface area (Å²) in [6, 6.07) is 12.9. The van der Waals surface area contributed by atoms with E-state index in [9.17, 15) is 13.2 Å². The van der Waals surface area contributed by atoms with Gasteiger partial charge in [0.25, 0.3) is 0 Å². The van der Waals surface area contributed by atoms with E-state index in [-0.39, 0.29) is 11.9 Å². The number of sulfonamides is 1. The van der Waals surface area contributed by atoms with Gasteiger partial charge in [-0.3, -0.25) is 9.10 Å². The van der Waals surface area contributed by atoms with Crippen molar-refractivity contribution in [2.24, 2.45) is 0 Å². The highest BCUT2D eigenvalue weighted by atomic mass is 32.2. The van der Waals surface area contributed by atoms with E-state index < -0.39 is 21.7 Å². The minimum atomic E-state index is -3.66. The van der Waals surface area contributed by atoms with Gasteiger partial charge < -0.3 is 14.8 Å². The Morgan fingerprint density at radius 2 is 1.90 bits per heavy atom. The average Bonchev–Trinajstić information content (AvgIpc) is 2.66. The summed E-state index contributed by atoms with van der Waals surface area (Å²) in [5.74, 6) is 0.928. The Kier molecular flexibility index (Phi) is 5.99. The minimum absolute atomic E-state index is 0.318. The molecule has 30 heavy (non-hydrogen) atoms. The predicted molar refractivity (Wildman–Crippen MR) is 116 cm³/mol. The highest BCUT2D eigenvalue weighted by molar-refractivity contribution is 7.92. The molecule has 0 aliphatic carbocycles. The fourth-order valence-corrected chi connectivity index (χ4v) is 4.94. The zero-order chi connectivity index (χ0) is 22.1. The molecule has 0 bridgehead atoms. The maximum absolute atomic E-state index is 13.1. The molecule has 0 saturated heterocycles. The number of methoxy groups -OCH3 is 1. The maximum atomic E-state index is 13.1. The van der Waals surface area contributed by atoms with Crippen LogP contribution in [0.3, 0.4) is 0 Å². The van der Waals surface area contributed by atoms with Gasteiger partial charge in [-0.2, -0.15) is 0 Å². The Labute approximate surface area is 178 Å². The largest absolute Gasteiger partial charge is 0.497 e. The van der Waals surface area contributed by atoms with E-state index in [2.05, 4.69) is 5.32 Å². The van der Waals surface area contributed by atoms with Crippen molar-refractivity contribution in [2.45, 2.75) is 44.9 Å². The normalized spacial score (nSPS) is 18.5. The van der Waals surface area contributed by atoms with Gasteiger partial charge in [0.1, 0.15) is 23.1 Å². The Morgan fingerprint density at radius 3 is 2.50 bits per heavy atom. The molecule has 2 aromatic rings. The van der Waals surface area contributed by atoms with Gasteiger partial charge in [0.2, 0.25) is 15.9 Å². The Morgan fingerprint density at radius 1 is 1.23 bits per heavy atom. The van der Waals surface area contributed by atoms with Crippen LogP contribution in [0.2, 0.25) is 0 Å². The Bertz CT molecular complexity index is 1020. The van der Waals surface area contributed by atoms with Crippen LogP contribution in [-0.2, 0) is 14.8 Å². The van der Waals surface area contributed by atoms with Crippen molar-refractivity contribution in [1.82, 2.24) is 5.32 Å². The van der Waals surface area contributed by atoms with Crippen LogP contribution in [0.5, 0.6) is 11.5 Å². The number of hydrogen-bond donors (Lipinski definition) is 1. The van der Waals surface area contributed by atoms with Gasteiger partial charge in [0.05, 0.1) is 25.1 Å². The molecule has 162 valence electrons. The zero-order valence-corrected chi connectivity index (χ0v) is 18.7. The third-order valence-corrected chi connectivity index (χ3v) is 6.34. The number of benzene rings is 2. The predicted octanol–water partition coefficient (Wildman–Crippen LogP) is 3.27. The minimum Gasteiger partial charge on any atom is -0.497 e. The van der Waals surface area contributed by atoms with E-state index in [1.165, 1.54) is 0 Å². The van der Waals surface area contributed by atoms with Crippen LogP contribution < -0.4 is 19.1 Å². The number of carbonyl (C=O) groups excluding carboxylic acids is 1. The van der Waals surface area contributed by atoms with Crippen LogP contribution in [0.15, 0.2) is 48.5 Å². The fourth-order valence-electron chi connectivity index (χ4n) is 3.76. The summed E-state index contributed by atoms with van der Waals surface area (Å²) in [4.78, 5) is 13.1. The van der Waals surface area contributed by atoms with Crippen LogP contribution in [0.1, 0.15) is 38.8 Å². The van der Waals surface area contributed by atoms with Crippen LogP contribution >= 0.6 is 0 Å². The van der Waals surface area contributed by atoms with Gasteiger partial charge in [-0.25, -0.2) is 8.42 Å². The number of fused-ring (bicyclic) bond motifs is 1. The van der Waals surface area contributed by atoms with Crippen molar-refractivity contribution in [2.75, 3.05) is 17.7 Å². The van der Waals surface area contributed by atoms with Crippen molar-refractivity contribution >= 4 is 21.6 Å². The number of hydrogen-bond acceptors (Lipinski definition) is 5. The number of nitrogens with zero attached hydrogens (tertiary/aromatic N) is 1. The van der Waals surface area contributed by atoms with Gasteiger partial charge in [-0.05, 0) is 45.0 Å². The van der Waals surface area contributed by atoms with Crippen molar-refractivity contribution in [3.05, 3.63) is 54.1 Å². The summed E-state index contributed by atoms with van der Waals surface area (Å²) in [6.07, 6.45) is 1.65. The van der Waals surface area contributed by atoms with E-state index in [4.69, 9.17) is 9.47 Å². The molecule has 0 aromatic heterocycles. The quantitative estimate of drug-likeness (QED) is 0.757. The zero-order valence-electron chi connectivity index (χ0n) is 17.9. The van der Waals surface area contributed by atoms with Crippen molar-refractivity contribution in [3.8, 4) is 11.5 Å². The molecule has 1 N–H and O–H groups in total. The molecule has 0 spiro atoms. The van der Waals surface area contributed by atoms with E-state index in [1.54, 1.807) is 50.4 Å². The molecule has 0 unspecified atom stereocenters. The van der Waals surface area contributed by atoms with Crippen LogP contribution in [-0.4, -0.2) is 39.3 Å². The number of nitrogens with one attached hydrogen (secondary N) is 1. The molecule has 0 fully saturated rings. The van der Waals surface area contributed by atoms with Crippen LogP contribution in [0.4, 0.5) is 5.69 Å². The first kappa shape index (κ1) is 22.0. The topological polar surface area (TPSA) is 84.9 Å². The standard InChI is InChI=1S/C22H28N2O5S/c1-15(24(30(5,26)27)16-9-7-6-8-10-16)21(25)23-19-14-22(2,3)29-20-13-17(28-4)11-12-18(19)20/h6-13,15,19H,14H2,1-5H3,(H,23,25)/t15-,19-/m1/s1. The highest BCUT2D eigenvalue weighted by Gasteiger charge is 2.37. The third-order valence-electron chi connectivity index (χ3n) is 5.09. The molecule has 1 aliphatic heterocycles. The second-order valence-electron chi connectivity index (χ2n) is 8.10. The molecular formula is C22H28N2O5S. The summed E-state index contributed by atoms with van der Waals surface area (Å²) in [5.41, 5.74) is 0.776. The van der Waals surface area contributed by atoms with Gasteiger partial charge in [-0.15, -0.1) is 0 Å². The first-order chi connectivity index (χ1) is 14.0. The third kappa shape index (κ3) is 4.70. The Balaban J connectivity index is 1.89. The molecule has 2 aromatic carbocycles. The molecule has 0 saturated carbocycles.